The molecule has 0 saturated carbocycles. The van der Waals surface area contributed by atoms with E-state index in [1.807, 2.05) is 5.32 Å². The summed E-state index contributed by atoms with van der Waals surface area (Å²) in [6.45, 7) is 0. The van der Waals surface area contributed by atoms with Crippen molar-refractivity contribution in [3.8, 4) is 11.3 Å². The van der Waals surface area contributed by atoms with Crippen molar-refractivity contribution in [1.29, 1.82) is 0 Å². The van der Waals surface area contributed by atoms with E-state index in [0.717, 1.165) is 25.4 Å². The molecule has 0 radical (unpaired) electrons. The summed E-state index contributed by atoms with van der Waals surface area (Å²) in [4.78, 5) is 21.1. The van der Waals surface area contributed by atoms with Crippen LogP contribution in [0.1, 0.15) is 11.1 Å². The minimum Gasteiger partial charge on any atom is -0.453 e. The summed E-state index contributed by atoms with van der Waals surface area (Å²) < 4.78 is 85.7. The number of methoxy groups -OCH3 is 1. The lowest BCUT2D eigenvalue weighted by molar-refractivity contribution is -0.137. The van der Waals surface area contributed by atoms with Crippen molar-refractivity contribution in [2.75, 3.05) is 24.8 Å². The zero-order valence-corrected chi connectivity index (χ0v) is 15.3. The number of aromatic amines is 1. The van der Waals surface area contributed by atoms with Gasteiger partial charge < -0.3 is 15.0 Å². The number of hydrogen-bond acceptors (Lipinski definition) is 5. The van der Waals surface area contributed by atoms with Crippen molar-refractivity contribution in [1.82, 2.24) is 15.0 Å². The van der Waals surface area contributed by atoms with Crippen molar-refractivity contribution in [2.24, 2.45) is 0 Å². The van der Waals surface area contributed by atoms with Crippen molar-refractivity contribution in [2.45, 2.75) is 12.4 Å². The molecule has 1 aromatic carbocycles. The highest BCUT2D eigenvalue weighted by molar-refractivity contribution is 6.01. The van der Waals surface area contributed by atoms with Crippen molar-refractivity contribution >= 4 is 28.6 Å². The lowest BCUT2D eigenvalue weighted by Gasteiger charge is -2.15. The monoisotopic (exact) mass is 433 g/mol. The molecular weight excluding hydrogens is 420 g/mol. The van der Waals surface area contributed by atoms with Crippen molar-refractivity contribution < 1.29 is 35.9 Å². The summed E-state index contributed by atoms with van der Waals surface area (Å²) >= 11 is 0. The van der Waals surface area contributed by atoms with Gasteiger partial charge in [-0.1, -0.05) is 6.07 Å². The Bertz CT molecular complexity index is 1110. The van der Waals surface area contributed by atoms with Crippen LogP contribution in [0.5, 0.6) is 0 Å². The van der Waals surface area contributed by atoms with E-state index in [-0.39, 0.29) is 16.9 Å². The molecule has 3 rings (SSSR count). The Morgan fingerprint density at radius 2 is 1.83 bits per heavy atom. The standard InChI is InChI=1S/C17H13F6N5O2/c1-24-14-26-6-9(16(18,19)20)12(28-14)8-5-25-13-7(8)3-4-10(27-15(29)30-2)11(13)17(21,22)23/h3-6,25H,1-2H3,(H,27,29)(H,24,26,28). The quantitative estimate of drug-likeness (QED) is 0.512. The number of fused-ring (bicyclic) bond motifs is 1. The number of carbonyl (C=O) groups is 1. The molecule has 0 saturated heterocycles. The van der Waals surface area contributed by atoms with Crippen LogP contribution >= 0.6 is 0 Å². The highest BCUT2D eigenvalue weighted by atomic mass is 19.4. The normalized spacial score (nSPS) is 12.1. The van der Waals surface area contributed by atoms with Gasteiger partial charge >= 0.3 is 18.4 Å². The van der Waals surface area contributed by atoms with Crippen LogP contribution in [-0.4, -0.2) is 35.2 Å². The zero-order valence-electron chi connectivity index (χ0n) is 15.3. The first-order valence-electron chi connectivity index (χ1n) is 8.16. The van der Waals surface area contributed by atoms with E-state index in [1.54, 1.807) is 0 Å². The number of nitrogens with zero attached hydrogens (tertiary/aromatic N) is 2. The van der Waals surface area contributed by atoms with Crippen LogP contribution in [0.4, 0.5) is 42.8 Å². The highest BCUT2D eigenvalue weighted by Gasteiger charge is 2.39. The molecule has 2 aromatic heterocycles. The maximum absolute atomic E-state index is 13.7. The van der Waals surface area contributed by atoms with Gasteiger partial charge in [0.1, 0.15) is 11.1 Å². The van der Waals surface area contributed by atoms with Gasteiger partial charge in [0.25, 0.3) is 0 Å². The molecule has 3 aromatic rings. The number of aromatic nitrogens is 3. The number of hydrogen-bond donors (Lipinski definition) is 3. The van der Waals surface area contributed by atoms with Gasteiger partial charge in [-0.3, -0.25) is 5.32 Å². The number of rotatable bonds is 3. The van der Waals surface area contributed by atoms with Gasteiger partial charge in [-0.2, -0.15) is 26.3 Å². The Labute approximate surface area is 164 Å². The fourth-order valence-electron chi connectivity index (χ4n) is 2.87. The molecule has 0 bridgehead atoms. The number of halogens is 6. The SMILES string of the molecule is CNc1ncc(C(F)(F)F)c(-c2c[nH]c3c(C(F)(F)F)c(NC(=O)OC)ccc23)n1. The van der Waals surface area contributed by atoms with E-state index in [1.165, 1.54) is 7.05 Å². The van der Waals surface area contributed by atoms with Crippen LogP contribution in [0.25, 0.3) is 22.2 Å². The molecule has 0 unspecified atom stereocenters. The van der Waals surface area contributed by atoms with E-state index in [2.05, 4.69) is 25.0 Å². The number of benzene rings is 1. The van der Waals surface area contributed by atoms with Crippen molar-refractivity contribution in [3.05, 3.63) is 35.7 Å². The molecule has 3 N–H and O–H groups in total. The summed E-state index contributed by atoms with van der Waals surface area (Å²) in [5, 5.41) is 4.26. The Morgan fingerprint density at radius 3 is 2.40 bits per heavy atom. The van der Waals surface area contributed by atoms with Gasteiger partial charge in [0.2, 0.25) is 5.95 Å². The molecule has 0 fully saturated rings. The molecule has 1 amide bonds. The van der Waals surface area contributed by atoms with Gasteiger partial charge in [-0.05, 0) is 6.07 Å². The summed E-state index contributed by atoms with van der Waals surface area (Å²) in [7, 11) is 2.36. The van der Waals surface area contributed by atoms with Crippen LogP contribution in [0, 0.1) is 0 Å². The van der Waals surface area contributed by atoms with Gasteiger partial charge in [0, 0.05) is 30.4 Å². The molecule has 0 aliphatic rings. The van der Waals surface area contributed by atoms with Gasteiger partial charge in [-0.25, -0.2) is 14.8 Å². The first-order valence-corrected chi connectivity index (χ1v) is 8.16. The predicted octanol–water partition coefficient (Wildman–Crippen LogP) is 4.88. The van der Waals surface area contributed by atoms with Crippen LogP contribution in [0.2, 0.25) is 0 Å². The average molecular weight is 433 g/mol. The van der Waals surface area contributed by atoms with Crippen LogP contribution in [0.3, 0.4) is 0 Å². The minimum absolute atomic E-state index is 0.146. The lowest BCUT2D eigenvalue weighted by atomic mass is 10.0. The minimum atomic E-state index is -4.94. The number of nitrogens with one attached hydrogen (secondary N) is 3. The van der Waals surface area contributed by atoms with Gasteiger partial charge in [0.15, 0.2) is 0 Å². The summed E-state index contributed by atoms with van der Waals surface area (Å²) in [5.41, 5.74) is -4.45. The lowest BCUT2D eigenvalue weighted by Crippen LogP contribution is -2.16. The van der Waals surface area contributed by atoms with Crippen LogP contribution < -0.4 is 10.6 Å². The van der Waals surface area contributed by atoms with E-state index in [0.29, 0.717) is 6.20 Å². The first-order chi connectivity index (χ1) is 14.0. The molecule has 2 heterocycles. The fourth-order valence-corrected chi connectivity index (χ4v) is 2.87. The van der Waals surface area contributed by atoms with Gasteiger partial charge in [0.05, 0.1) is 24.0 Å². The second-order valence-corrected chi connectivity index (χ2v) is 5.93. The number of alkyl halides is 6. The van der Waals surface area contributed by atoms with Crippen LogP contribution in [-0.2, 0) is 17.1 Å². The van der Waals surface area contributed by atoms with E-state index < -0.39 is 46.5 Å². The Hall–Kier alpha value is -3.51. The molecule has 0 spiro atoms. The molecule has 0 atom stereocenters. The maximum atomic E-state index is 13.7. The molecule has 30 heavy (non-hydrogen) atoms. The molecule has 160 valence electrons. The fraction of sp³-hybridized carbons (Fsp3) is 0.235. The van der Waals surface area contributed by atoms with Crippen molar-refractivity contribution in [3.63, 3.8) is 0 Å². The van der Waals surface area contributed by atoms with E-state index >= 15 is 0 Å². The molecule has 7 nitrogen and oxygen atoms in total. The van der Waals surface area contributed by atoms with Gasteiger partial charge in [-0.15, -0.1) is 0 Å². The maximum Gasteiger partial charge on any atom is 0.420 e. The Balaban J connectivity index is 2.30. The predicted molar refractivity (Wildman–Crippen MR) is 94.9 cm³/mol. The summed E-state index contributed by atoms with van der Waals surface area (Å²) in [6, 6.07) is 2.07. The van der Waals surface area contributed by atoms with E-state index in [4.69, 9.17) is 0 Å². The molecule has 13 heteroatoms. The Kier molecular flexibility index (Phi) is 5.22. The third kappa shape index (κ3) is 3.82. The number of amides is 1. The molecule has 0 aliphatic heterocycles. The number of carbonyl (C=O) groups excluding carboxylic acids is 1. The Morgan fingerprint density at radius 1 is 1.13 bits per heavy atom. The molecule has 0 aliphatic carbocycles. The zero-order chi connectivity index (χ0) is 22.3. The first kappa shape index (κ1) is 21.2. The second-order valence-electron chi connectivity index (χ2n) is 5.93. The second kappa shape index (κ2) is 7.39. The van der Waals surface area contributed by atoms with Crippen LogP contribution in [0.15, 0.2) is 24.5 Å². The summed E-state index contributed by atoms with van der Waals surface area (Å²) in [6.07, 6.45) is -9.39. The molecular formula is C17H13F6N5O2. The van der Waals surface area contributed by atoms with E-state index in [9.17, 15) is 31.1 Å². The highest BCUT2D eigenvalue weighted by Crippen LogP contribution is 2.44. The largest absolute Gasteiger partial charge is 0.453 e. The number of anilines is 2. The summed E-state index contributed by atoms with van der Waals surface area (Å²) in [5.74, 6) is -0.146. The number of ether oxygens (including phenoxy) is 1. The smallest absolute Gasteiger partial charge is 0.420 e. The third-order valence-electron chi connectivity index (χ3n) is 4.13. The number of H-pyrrole nitrogens is 1. The third-order valence-corrected chi connectivity index (χ3v) is 4.13. The average Bonchev–Trinajstić information content (AvgIpc) is 3.09. The topological polar surface area (TPSA) is 91.9 Å².